The zero-order valence-corrected chi connectivity index (χ0v) is 25.7. The molecule has 1 amide bonds. The molecule has 0 saturated heterocycles. The van der Waals surface area contributed by atoms with Gasteiger partial charge in [0, 0.05) is 24.1 Å². The lowest BCUT2D eigenvalue weighted by Gasteiger charge is -2.08. The molecule has 0 unspecified atom stereocenters. The van der Waals surface area contributed by atoms with Crippen molar-refractivity contribution in [1.82, 2.24) is 20.3 Å². The van der Waals surface area contributed by atoms with Crippen LogP contribution >= 0.6 is 0 Å². The summed E-state index contributed by atoms with van der Waals surface area (Å²) in [6, 6.07) is 12.6. The molecular weight excluding hydrogens is 592 g/mol. The molecule has 1 heterocycles. The van der Waals surface area contributed by atoms with Crippen molar-refractivity contribution in [2.45, 2.75) is 31.4 Å². The average molecular weight is 633 g/mol. The van der Waals surface area contributed by atoms with Gasteiger partial charge in [-0.2, -0.15) is 0 Å². The Kier molecular flexibility index (Phi) is 15.1. The number of aliphatic hydroxyl groups is 1. The molecule has 0 aliphatic heterocycles. The van der Waals surface area contributed by atoms with E-state index in [1.54, 1.807) is 35.1 Å². The normalized spacial score (nSPS) is 11.5. The zero-order chi connectivity index (χ0) is 31.6. The molecule has 2 N–H and O–H groups in total. The molecule has 0 bridgehead atoms. The van der Waals surface area contributed by atoms with Gasteiger partial charge in [0.1, 0.15) is 5.69 Å². The molecule has 44 heavy (non-hydrogen) atoms. The van der Waals surface area contributed by atoms with Crippen molar-refractivity contribution in [1.29, 1.82) is 0 Å². The van der Waals surface area contributed by atoms with Crippen LogP contribution in [0.3, 0.4) is 0 Å². The highest BCUT2D eigenvalue weighted by Crippen LogP contribution is 2.15. The molecule has 0 atom stereocenters. The van der Waals surface area contributed by atoms with E-state index in [2.05, 4.69) is 15.6 Å². The molecular formula is C30H40N4O9S. The van der Waals surface area contributed by atoms with Gasteiger partial charge >= 0.3 is 0 Å². The van der Waals surface area contributed by atoms with E-state index in [4.69, 9.17) is 24.1 Å². The van der Waals surface area contributed by atoms with Gasteiger partial charge in [0.15, 0.2) is 15.6 Å². The minimum Gasteiger partial charge on any atom is -0.394 e. The summed E-state index contributed by atoms with van der Waals surface area (Å²) in [5.74, 6) is -0.898. The fourth-order valence-electron chi connectivity index (χ4n) is 3.83. The lowest BCUT2D eigenvalue weighted by molar-refractivity contribution is -0.00406. The molecule has 0 spiro atoms. The van der Waals surface area contributed by atoms with Gasteiger partial charge in [0.25, 0.3) is 5.91 Å². The molecule has 1 aromatic heterocycles. The second-order valence-electron chi connectivity index (χ2n) is 9.72. The predicted octanol–water partition coefficient (Wildman–Crippen LogP) is 1.62. The smallest absolute Gasteiger partial charge is 0.251 e. The number of aliphatic hydroxyl groups excluding tert-OH is 1. The summed E-state index contributed by atoms with van der Waals surface area (Å²) in [5, 5.41) is 19.4. The summed E-state index contributed by atoms with van der Waals surface area (Å²) in [4.78, 5) is 25.1. The minimum atomic E-state index is -3.56. The number of sulfone groups is 1. The Morgan fingerprint density at radius 1 is 0.841 bits per heavy atom. The number of benzene rings is 2. The lowest BCUT2D eigenvalue weighted by Crippen LogP contribution is -2.27. The summed E-state index contributed by atoms with van der Waals surface area (Å²) in [6.45, 7) is 5.62. The Morgan fingerprint density at radius 3 is 2.07 bits per heavy atom. The number of amides is 1. The van der Waals surface area contributed by atoms with Crippen LogP contribution < -0.4 is 5.32 Å². The van der Waals surface area contributed by atoms with E-state index >= 15 is 0 Å². The highest BCUT2D eigenvalue weighted by Gasteiger charge is 2.17. The molecule has 3 aromatic rings. The van der Waals surface area contributed by atoms with Crippen LogP contribution in [0.25, 0.3) is 0 Å². The highest BCUT2D eigenvalue weighted by molar-refractivity contribution is 7.91. The summed E-state index contributed by atoms with van der Waals surface area (Å²) in [7, 11) is -3.56. The first-order chi connectivity index (χ1) is 21.3. The second kappa shape index (κ2) is 19.0. The molecule has 2 aromatic carbocycles. The third-order valence-electron chi connectivity index (χ3n) is 6.26. The van der Waals surface area contributed by atoms with E-state index in [1.807, 2.05) is 6.92 Å². The maximum absolute atomic E-state index is 12.5. The number of ketones is 1. The van der Waals surface area contributed by atoms with Crippen molar-refractivity contribution in [3.63, 3.8) is 0 Å². The summed E-state index contributed by atoms with van der Waals surface area (Å²) >= 11 is 0. The zero-order valence-electron chi connectivity index (χ0n) is 24.9. The number of aromatic nitrogens is 3. The van der Waals surface area contributed by atoms with Crippen molar-refractivity contribution < 1.29 is 42.1 Å². The summed E-state index contributed by atoms with van der Waals surface area (Å²) < 4.78 is 48.4. The van der Waals surface area contributed by atoms with Crippen molar-refractivity contribution in [3.05, 3.63) is 77.1 Å². The van der Waals surface area contributed by atoms with Gasteiger partial charge < -0.3 is 29.4 Å². The van der Waals surface area contributed by atoms with Crippen LogP contribution in [-0.4, -0.2) is 105 Å². The molecule has 13 nitrogen and oxygen atoms in total. The molecule has 240 valence electrons. The summed E-state index contributed by atoms with van der Waals surface area (Å²) in [5.41, 5.74) is 2.37. The van der Waals surface area contributed by atoms with Crippen molar-refractivity contribution in [3.8, 4) is 0 Å². The van der Waals surface area contributed by atoms with Crippen LogP contribution in [0, 0.1) is 6.92 Å². The molecule has 0 saturated carbocycles. The number of Topliss-reactive ketones (excluding diaryl/α,β-unsaturated/α-hetero) is 1. The maximum atomic E-state index is 12.5. The predicted molar refractivity (Wildman–Crippen MR) is 160 cm³/mol. The van der Waals surface area contributed by atoms with Crippen LogP contribution in [0.15, 0.2) is 59.6 Å². The fourth-order valence-corrected chi connectivity index (χ4v) is 5.07. The Hall–Kier alpha value is -3.53. The largest absolute Gasteiger partial charge is 0.394 e. The van der Waals surface area contributed by atoms with Gasteiger partial charge in [0.05, 0.1) is 82.9 Å². The maximum Gasteiger partial charge on any atom is 0.251 e. The summed E-state index contributed by atoms with van der Waals surface area (Å²) in [6.07, 6.45) is 1.57. The standard InChI is InChI=1S/C30H40N4O9S/c1-24-2-8-28(9-3-24)44(38,39)21-10-29(36)25-4-6-26(7-5-25)30(37)31-11-14-40-15-16-41-17-18-42-19-20-43-23-27-22-34(12-13-35)33-32-27/h2-9,22,35H,10-21,23H2,1H3,(H,31,37). The van der Waals surface area contributed by atoms with E-state index in [0.717, 1.165) is 5.56 Å². The van der Waals surface area contributed by atoms with Gasteiger partial charge in [-0.1, -0.05) is 35.0 Å². The first kappa shape index (κ1) is 35.0. The first-order valence-electron chi connectivity index (χ1n) is 14.3. The second-order valence-corrected chi connectivity index (χ2v) is 11.8. The molecule has 14 heteroatoms. The first-order valence-corrected chi connectivity index (χ1v) is 16.0. The third kappa shape index (κ3) is 12.6. The van der Waals surface area contributed by atoms with Crippen LogP contribution in [0.1, 0.15) is 38.4 Å². The van der Waals surface area contributed by atoms with Gasteiger partial charge in [0.2, 0.25) is 0 Å². The van der Waals surface area contributed by atoms with Crippen LogP contribution in [0.2, 0.25) is 0 Å². The Bertz CT molecular complexity index is 1390. The lowest BCUT2D eigenvalue weighted by atomic mass is 10.1. The van der Waals surface area contributed by atoms with E-state index in [0.29, 0.717) is 82.8 Å². The number of nitrogens with one attached hydrogen (secondary N) is 1. The monoisotopic (exact) mass is 632 g/mol. The molecule has 0 fully saturated rings. The number of aryl methyl sites for hydroxylation is 1. The van der Waals surface area contributed by atoms with E-state index in [1.165, 1.54) is 24.3 Å². The number of rotatable bonds is 22. The number of hydrogen-bond acceptors (Lipinski definition) is 11. The third-order valence-corrected chi connectivity index (χ3v) is 7.99. The molecule has 0 radical (unpaired) electrons. The Balaban J connectivity index is 1.17. The van der Waals surface area contributed by atoms with Gasteiger partial charge in [-0.25, -0.2) is 13.1 Å². The number of nitrogens with zero attached hydrogens (tertiary/aromatic N) is 3. The molecule has 3 rings (SSSR count). The van der Waals surface area contributed by atoms with Crippen molar-refractivity contribution in [2.24, 2.45) is 0 Å². The van der Waals surface area contributed by atoms with E-state index in [9.17, 15) is 18.0 Å². The number of hydrogen-bond donors (Lipinski definition) is 2. The Morgan fingerprint density at radius 2 is 1.43 bits per heavy atom. The van der Waals surface area contributed by atoms with Gasteiger partial charge in [-0.15, -0.1) is 5.10 Å². The van der Waals surface area contributed by atoms with Gasteiger partial charge in [-0.05, 0) is 31.2 Å². The van der Waals surface area contributed by atoms with Gasteiger partial charge in [-0.3, -0.25) is 9.59 Å². The number of ether oxygens (including phenoxy) is 4. The highest BCUT2D eigenvalue weighted by atomic mass is 32.2. The van der Waals surface area contributed by atoms with Crippen LogP contribution in [0.4, 0.5) is 0 Å². The van der Waals surface area contributed by atoms with Crippen LogP contribution in [-0.2, 0) is 41.9 Å². The molecule has 0 aliphatic carbocycles. The average Bonchev–Trinajstić information content (AvgIpc) is 3.47. The SMILES string of the molecule is Cc1ccc(S(=O)(=O)CCC(=O)c2ccc(C(=O)NCCOCCOCCOCCOCc3cn(CCO)nn3)cc2)cc1. The van der Waals surface area contributed by atoms with Crippen molar-refractivity contribution in [2.75, 3.05) is 65.2 Å². The van der Waals surface area contributed by atoms with Crippen molar-refractivity contribution >= 4 is 21.5 Å². The molecule has 0 aliphatic rings. The quantitative estimate of drug-likeness (QED) is 0.122. The number of carbonyl (C=O) groups excluding carboxylic acids is 2. The van der Waals surface area contributed by atoms with E-state index in [-0.39, 0.29) is 35.4 Å². The fraction of sp³-hybridized carbons (Fsp3) is 0.467. The minimum absolute atomic E-state index is 0.00332. The van der Waals surface area contributed by atoms with E-state index < -0.39 is 9.84 Å². The topological polar surface area (TPSA) is 168 Å². The van der Waals surface area contributed by atoms with Crippen LogP contribution in [0.5, 0.6) is 0 Å². The Labute approximate surface area is 257 Å². The number of carbonyl (C=O) groups is 2.